The van der Waals surface area contributed by atoms with Gasteiger partial charge in [0.25, 0.3) is 5.91 Å². The molecule has 4 N–H and O–H groups in total. The average Bonchev–Trinajstić information content (AvgIpc) is 2.47. The number of nitrogens with one attached hydrogen (secondary N) is 3. The summed E-state index contributed by atoms with van der Waals surface area (Å²) in [6.45, 7) is 1.35. The van der Waals surface area contributed by atoms with Gasteiger partial charge in [0.15, 0.2) is 5.96 Å². The molecule has 0 aliphatic carbocycles. The molecule has 0 bridgehead atoms. The molecule has 0 heterocycles. The SMILES string of the molecule is C#CCNC(=NC)NCCNC(=O)c1ccc(O)cc1. The highest BCUT2D eigenvalue weighted by atomic mass is 16.3. The molecule has 0 spiro atoms. The maximum absolute atomic E-state index is 11.7. The lowest BCUT2D eigenvalue weighted by molar-refractivity contribution is 0.0954. The van der Waals surface area contributed by atoms with Crippen LogP contribution in [0.15, 0.2) is 29.3 Å². The van der Waals surface area contributed by atoms with E-state index >= 15 is 0 Å². The number of aromatic hydroxyl groups is 1. The summed E-state index contributed by atoms with van der Waals surface area (Å²) < 4.78 is 0. The molecule has 0 fully saturated rings. The number of amides is 1. The molecule has 0 radical (unpaired) electrons. The van der Waals surface area contributed by atoms with Gasteiger partial charge in [-0.1, -0.05) is 5.92 Å². The van der Waals surface area contributed by atoms with Crippen LogP contribution in [0.2, 0.25) is 0 Å². The zero-order valence-corrected chi connectivity index (χ0v) is 11.3. The molecule has 0 aromatic heterocycles. The Labute approximate surface area is 118 Å². The largest absolute Gasteiger partial charge is 0.508 e. The van der Waals surface area contributed by atoms with E-state index in [1.165, 1.54) is 12.1 Å². The number of phenolic OH excluding ortho intramolecular Hbond substituents is 1. The Bertz CT molecular complexity index is 503. The molecule has 20 heavy (non-hydrogen) atoms. The third-order valence-electron chi connectivity index (χ3n) is 2.41. The van der Waals surface area contributed by atoms with Crippen LogP contribution in [0.25, 0.3) is 0 Å². The molecular formula is C14H18N4O2. The summed E-state index contributed by atoms with van der Waals surface area (Å²) in [5.41, 5.74) is 0.498. The number of hydrogen-bond acceptors (Lipinski definition) is 3. The van der Waals surface area contributed by atoms with Crippen molar-refractivity contribution in [2.75, 3.05) is 26.7 Å². The normalized spacial score (nSPS) is 10.5. The zero-order chi connectivity index (χ0) is 14.8. The number of hydrogen-bond donors (Lipinski definition) is 4. The number of nitrogens with zero attached hydrogens (tertiary/aromatic N) is 1. The first-order valence-corrected chi connectivity index (χ1v) is 6.12. The van der Waals surface area contributed by atoms with Crippen molar-refractivity contribution in [3.63, 3.8) is 0 Å². The van der Waals surface area contributed by atoms with Crippen LogP contribution >= 0.6 is 0 Å². The van der Waals surface area contributed by atoms with Gasteiger partial charge in [-0.15, -0.1) is 6.42 Å². The van der Waals surface area contributed by atoms with E-state index < -0.39 is 0 Å². The number of carbonyl (C=O) groups excluding carboxylic acids is 1. The molecule has 1 aromatic carbocycles. The summed E-state index contributed by atoms with van der Waals surface area (Å²) >= 11 is 0. The third kappa shape index (κ3) is 5.31. The summed E-state index contributed by atoms with van der Waals surface area (Å²) in [5, 5.41) is 17.8. The Morgan fingerprint density at radius 1 is 1.25 bits per heavy atom. The summed E-state index contributed by atoms with van der Waals surface area (Å²) in [6.07, 6.45) is 5.13. The molecule has 6 heteroatoms. The Balaban J connectivity index is 2.29. The minimum Gasteiger partial charge on any atom is -0.508 e. The Morgan fingerprint density at radius 2 is 1.90 bits per heavy atom. The lowest BCUT2D eigenvalue weighted by Gasteiger charge is -2.10. The van der Waals surface area contributed by atoms with Gasteiger partial charge in [0.05, 0.1) is 6.54 Å². The fourth-order valence-electron chi connectivity index (χ4n) is 1.43. The number of aliphatic imine (C=N–C) groups is 1. The van der Waals surface area contributed by atoms with Gasteiger partial charge in [0.1, 0.15) is 5.75 Å². The van der Waals surface area contributed by atoms with Crippen LogP contribution in [0.4, 0.5) is 0 Å². The molecule has 0 unspecified atom stereocenters. The van der Waals surface area contributed by atoms with Gasteiger partial charge in [-0.25, -0.2) is 0 Å². The molecule has 0 aliphatic heterocycles. The predicted molar refractivity (Wildman–Crippen MR) is 78.6 cm³/mol. The smallest absolute Gasteiger partial charge is 0.251 e. The number of terminal acetylenes is 1. The summed E-state index contributed by atoms with van der Waals surface area (Å²) in [7, 11) is 1.64. The van der Waals surface area contributed by atoms with Gasteiger partial charge in [-0.05, 0) is 24.3 Å². The number of benzene rings is 1. The molecule has 0 atom stereocenters. The van der Waals surface area contributed by atoms with Crippen molar-refractivity contribution >= 4 is 11.9 Å². The maximum Gasteiger partial charge on any atom is 0.251 e. The van der Waals surface area contributed by atoms with Gasteiger partial charge < -0.3 is 21.1 Å². The van der Waals surface area contributed by atoms with Crippen LogP contribution in [0.5, 0.6) is 5.75 Å². The fraction of sp³-hybridized carbons (Fsp3) is 0.286. The van der Waals surface area contributed by atoms with Crippen molar-refractivity contribution in [1.82, 2.24) is 16.0 Å². The van der Waals surface area contributed by atoms with Crippen molar-refractivity contribution in [3.8, 4) is 18.1 Å². The minimum atomic E-state index is -0.196. The topological polar surface area (TPSA) is 85.8 Å². The second-order valence-electron chi connectivity index (χ2n) is 3.86. The van der Waals surface area contributed by atoms with Gasteiger partial charge in [-0.2, -0.15) is 0 Å². The molecule has 106 valence electrons. The lowest BCUT2D eigenvalue weighted by Crippen LogP contribution is -2.41. The van der Waals surface area contributed by atoms with E-state index in [1.54, 1.807) is 19.2 Å². The lowest BCUT2D eigenvalue weighted by atomic mass is 10.2. The first kappa shape index (κ1) is 15.4. The van der Waals surface area contributed by atoms with Gasteiger partial charge in [0.2, 0.25) is 0 Å². The molecule has 1 amide bonds. The summed E-state index contributed by atoms with van der Waals surface area (Å²) in [4.78, 5) is 15.7. The minimum absolute atomic E-state index is 0.131. The number of guanidine groups is 1. The Hall–Kier alpha value is -2.68. The third-order valence-corrected chi connectivity index (χ3v) is 2.41. The highest BCUT2D eigenvalue weighted by Gasteiger charge is 2.04. The van der Waals surface area contributed by atoms with Crippen LogP contribution in [0.3, 0.4) is 0 Å². The molecule has 1 aromatic rings. The van der Waals surface area contributed by atoms with Crippen LogP contribution in [0.1, 0.15) is 10.4 Å². The zero-order valence-electron chi connectivity index (χ0n) is 11.3. The van der Waals surface area contributed by atoms with Gasteiger partial charge >= 0.3 is 0 Å². The van der Waals surface area contributed by atoms with Crippen molar-refractivity contribution < 1.29 is 9.90 Å². The predicted octanol–water partition coefficient (Wildman–Crippen LogP) is -0.0798. The fourth-order valence-corrected chi connectivity index (χ4v) is 1.43. The van der Waals surface area contributed by atoms with Crippen molar-refractivity contribution in [3.05, 3.63) is 29.8 Å². The van der Waals surface area contributed by atoms with Crippen molar-refractivity contribution in [1.29, 1.82) is 0 Å². The van der Waals surface area contributed by atoms with E-state index in [9.17, 15) is 4.79 Å². The van der Waals surface area contributed by atoms with Gasteiger partial charge in [-0.3, -0.25) is 9.79 Å². The van der Waals surface area contributed by atoms with Crippen molar-refractivity contribution in [2.45, 2.75) is 0 Å². The van der Waals surface area contributed by atoms with Crippen LogP contribution < -0.4 is 16.0 Å². The molecule has 6 nitrogen and oxygen atoms in total. The number of phenols is 1. The van der Waals surface area contributed by atoms with Gasteiger partial charge in [0, 0.05) is 25.7 Å². The van der Waals surface area contributed by atoms with Crippen LogP contribution in [-0.2, 0) is 0 Å². The molecule has 0 saturated carbocycles. The first-order valence-electron chi connectivity index (χ1n) is 6.12. The van der Waals surface area contributed by atoms with E-state index in [1.807, 2.05) is 0 Å². The van der Waals surface area contributed by atoms with E-state index in [2.05, 4.69) is 26.9 Å². The molecule has 0 aliphatic rings. The molecule has 0 saturated heterocycles. The van der Waals surface area contributed by atoms with Crippen LogP contribution in [-0.4, -0.2) is 43.7 Å². The quantitative estimate of drug-likeness (QED) is 0.262. The monoisotopic (exact) mass is 274 g/mol. The van der Waals surface area contributed by atoms with Crippen molar-refractivity contribution in [2.24, 2.45) is 4.99 Å². The summed E-state index contributed by atoms with van der Waals surface area (Å²) in [5.74, 6) is 2.97. The standard InChI is InChI=1S/C14H18N4O2/c1-3-8-17-14(15-2)18-10-9-16-13(20)11-4-6-12(19)7-5-11/h1,4-7,19H,8-10H2,2H3,(H,16,20)(H2,15,17,18). The first-order chi connectivity index (χ1) is 9.67. The second kappa shape index (κ2) is 8.43. The van der Waals surface area contributed by atoms with Crippen LogP contribution in [0, 0.1) is 12.3 Å². The maximum atomic E-state index is 11.7. The number of rotatable bonds is 5. The second-order valence-corrected chi connectivity index (χ2v) is 3.86. The highest BCUT2D eigenvalue weighted by Crippen LogP contribution is 2.08. The summed E-state index contributed by atoms with van der Waals surface area (Å²) in [6, 6.07) is 6.06. The van der Waals surface area contributed by atoms with E-state index in [0.717, 1.165) is 0 Å². The van der Waals surface area contributed by atoms with E-state index in [4.69, 9.17) is 11.5 Å². The molecular weight excluding hydrogens is 256 g/mol. The average molecular weight is 274 g/mol. The Kier molecular flexibility index (Phi) is 6.48. The number of carbonyl (C=O) groups is 1. The molecule has 1 rings (SSSR count). The van der Waals surface area contributed by atoms with E-state index in [-0.39, 0.29) is 11.7 Å². The van der Waals surface area contributed by atoms with E-state index in [0.29, 0.717) is 31.2 Å². The Morgan fingerprint density at radius 3 is 2.50 bits per heavy atom. The highest BCUT2D eigenvalue weighted by molar-refractivity contribution is 5.94.